The third kappa shape index (κ3) is 3.79. The van der Waals surface area contributed by atoms with Crippen LogP contribution in [0.2, 0.25) is 0 Å². The minimum Gasteiger partial charge on any atom is -0.358 e. The van der Waals surface area contributed by atoms with Crippen LogP contribution in [0.4, 0.5) is 13.2 Å². The second-order valence-electron chi connectivity index (χ2n) is 5.98. The molecule has 0 saturated carbocycles. The largest absolute Gasteiger partial charge is 0.454 e. The first-order valence-corrected chi connectivity index (χ1v) is 8.52. The molecule has 0 unspecified atom stereocenters. The van der Waals surface area contributed by atoms with Gasteiger partial charge in [0.1, 0.15) is 0 Å². The van der Waals surface area contributed by atoms with Crippen molar-refractivity contribution in [2.24, 2.45) is 0 Å². The average Bonchev–Trinajstić information content (AvgIpc) is 2.89. The Morgan fingerprint density at radius 3 is 2.40 bits per heavy atom. The third-order valence-electron chi connectivity index (χ3n) is 4.11. The molecule has 0 radical (unpaired) electrons. The summed E-state index contributed by atoms with van der Waals surface area (Å²) in [5.74, 6) is -1.81. The lowest BCUT2D eigenvalue weighted by Crippen LogP contribution is -2.23. The van der Waals surface area contributed by atoms with Gasteiger partial charge in [0.05, 0.1) is 5.56 Å². The molecule has 2 nitrogen and oxygen atoms in total. The number of aromatic nitrogens is 1. The van der Waals surface area contributed by atoms with Crippen LogP contribution in [-0.4, -0.2) is 16.9 Å². The summed E-state index contributed by atoms with van der Waals surface area (Å²) in [6.07, 6.45) is -4.03. The van der Waals surface area contributed by atoms with Gasteiger partial charge in [-0.05, 0) is 37.5 Å². The Bertz CT molecular complexity index is 926. The summed E-state index contributed by atoms with van der Waals surface area (Å²) < 4.78 is 39.8. The highest BCUT2D eigenvalue weighted by molar-refractivity contribution is 9.10. The average molecular weight is 410 g/mol. The summed E-state index contributed by atoms with van der Waals surface area (Å²) in [6.45, 7) is 1.97. The summed E-state index contributed by atoms with van der Waals surface area (Å²) in [7, 11) is 0. The minimum absolute atomic E-state index is 0.276. The van der Waals surface area contributed by atoms with Crippen molar-refractivity contribution in [1.82, 2.24) is 4.98 Å². The highest BCUT2D eigenvalue weighted by atomic mass is 79.9. The Morgan fingerprint density at radius 2 is 1.76 bits per heavy atom. The van der Waals surface area contributed by atoms with Crippen LogP contribution in [0.25, 0.3) is 10.9 Å². The number of aryl methyl sites for hydroxylation is 3. The van der Waals surface area contributed by atoms with E-state index in [0.717, 1.165) is 15.6 Å². The number of Topliss-reactive ketones (excluding diaryl/α,β-unsaturated/α-hetero) is 1. The van der Waals surface area contributed by atoms with Crippen molar-refractivity contribution < 1.29 is 18.0 Å². The lowest BCUT2D eigenvalue weighted by atomic mass is 10.0. The summed E-state index contributed by atoms with van der Waals surface area (Å²) in [4.78, 5) is 14.9. The van der Waals surface area contributed by atoms with Gasteiger partial charge in [-0.1, -0.05) is 51.8 Å². The minimum atomic E-state index is -4.90. The quantitative estimate of drug-likeness (QED) is 0.545. The first-order valence-electron chi connectivity index (χ1n) is 7.73. The van der Waals surface area contributed by atoms with Gasteiger partial charge in [-0.15, -0.1) is 0 Å². The maximum absolute atomic E-state index is 13.0. The number of H-pyrrole nitrogens is 1. The number of aromatic amines is 1. The van der Waals surface area contributed by atoms with Crippen molar-refractivity contribution in [3.05, 3.63) is 69.3 Å². The van der Waals surface area contributed by atoms with Crippen LogP contribution in [-0.2, 0) is 12.8 Å². The van der Waals surface area contributed by atoms with Crippen molar-refractivity contribution in [2.45, 2.75) is 25.9 Å². The van der Waals surface area contributed by atoms with Crippen LogP contribution in [0.5, 0.6) is 0 Å². The standard InChI is InChI=1S/C19H15BrF3NO/c1-11-2-4-12(5-3-11)6-9-15-17(18(25)19(21,22)23)14-8-7-13(20)10-16(14)24-15/h2-5,7-8,10,24H,6,9H2,1H3. The van der Waals surface area contributed by atoms with E-state index in [1.165, 1.54) is 6.07 Å². The van der Waals surface area contributed by atoms with Gasteiger partial charge in [-0.2, -0.15) is 13.2 Å². The number of carbonyl (C=O) groups is 1. The molecular formula is C19H15BrF3NO. The van der Waals surface area contributed by atoms with Crippen LogP contribution in [0, 0.1) is 6.92 Å². The first kappa shape index (κ1) is 17.7. The highest BCUT2D eigenvalue weighted by Crippen LogP contribution is 2.31. The van der Waals surface area contributed by atoms with Crippen LogP contribution in [0.1, 0.15) is 27.2 Å². The van der Waals surface area contributed by atoms with E-state index >= 15 is 0 Å². The van der Waals surface area contributed by atoms with Gasteiger partial charge >= 0.3 is 6.18 Å². The summed E-state index contributed by atoms with van der Waals surface area (Å²) >= 11 is 3.30. The Hall–Kier alpha value is -2.08. The van der Waals surface area contributed by atoms with E-state index in [1.807, 2.05) is 31.2 Å². The lowest BCUT2D eigenvalue weighted by molar-refractivity contribution is -0.0884. The predicted octanol–water partition coefficient (Wildman–Crippen LogP) is 5.77. The normalized spacial score (nSPS) is 11.9. The van der Waals surface area contributed by atoms with Gasteiger partial charge in [0.15, 0.2) is 0 Å². The number of alkyl halides is 3. The molecule has 3 rings (SSSR count). The van der Waals surface area contributed by atoms with Crippen molar-refractivity contribution >= 4 is 32.6 Å². The molecule has 2 aromatic carbocycles. The Kier molecular flexibility index (Phi) is 4.73. The zero-order valence-corrected chi connectivity index (χ0v) is 15.0. The van der Waals surface area contributed by atoms with Gasteiger partial charge in [0.25, 0.3) is 5.78 Å². The van der Waals surface area contributed by atoms with E-state index in [0.29, 0.717) is 29.4 Å². The zero-order valence-electron chi connectivity index (χ0n) is 13.4. The Morgan fingerprint density at radius 1 is 1.08 bits per heavy atom. The molecule has 25 heavy (non-hydrogen) atoms. The molecule has 0 aliphatic rings. The van der Waals surface area contributed by atoms with Crippen LogP contribution in [0.3, 0.4) is 0 Å². The summed E-state index contributed by atoms with van der Waals surface area (Å²) in [5, 5.41) is 0.296. The monoisotopic (exact) mass is 409 g/mol. The van der Waals surface area contributed by atoms with Crippen LogP contribution in [0.15, 0.2) is 46.9 Å². The lowest BCUT2D eigenvalue weighted by Gasteiger charge is -2.08. The molecule has 0 atom stereocenters. The fraction of sp³-hybridized carbons (Fsp3) is 0.211. The molecule has 0 aliphatic carbocycles. The number of hydrogen-bond donors (Lipinski definition) is 1. The number of rotatable bonds is 4. The molecule has 0 spiro atoms. The number of benzene rings is 2. The van der Waals surface area contributed by atoms with Crippen molar-refractivity contribution in [1.29, 1.82) is 0 Å². The second kappa shape index (κ2) is 6.67. The van der Waals surface area contributed by atoms with Crippen molar-refractivity contribution in [2.75, 3.05) is 0 Å². The molecule has 1 N–H and O–H groups in total. The predicted molar refractivity (Wildman–Crippen MR) is 95.0 cm³/mol. The molecule has 0 saturated heterocycles. The molecule has 0 bridgehead atoms. The molecule has 3 aromatic rings. The molecule has 130 valence electrons. The second-order valence-corrected chi connectivity index (χ2v) is 6.90. The fourth-order valence-electron chi connectivity index (χ4n) is 2.84. The van der Waals surface area contributed by atoms with E-state index in [2.05, 4.69) is 20.9 Å². The molecule has 0 aliphatic heterocycles. The number of carbonyl (C=O) groups excluding carboxylic acids is 1. The highest BCUT2D eigenvalue weighted by Gasteiger charge is 2.41. The van der Waals surface area contributed by atoms with Crippen molar-refractivity contribution in [3.63, 3.8) is 0 Å². The van der Waals surface area contributed by atoms with E-state index < -0.39 is 12.0 Å². The number of ketones is 1. The van der Waals surface area contributed by atoms with Crippen LogP contribution < -0.4 is 0 Å². The fourth-order valence-corrected chi connectivity index (χ4v) is 3.20. The number of nitrogens with one attached hydrogen (secondary N) is 1. The molecular weight excluding hydrogens is 395 g/mol. The van der Waals surface area contributed by atoms with E-state index in [-0.39, 0.29) is 5.56 Å². The van der Waals surface area contributed by atoms with Gasteiger partial charge in [0, 0.05) is 21.1 Å². The van der Waals surface area contributed by atoms with Gasteiger partial charge in [-0.25, -0.2) is 0 Å². The van der Waals surface area contributed by atoms with E-state index in [1.54, 1.807) is 12.1 Å². The third-order valence-corrected chi connectivity index (χ3v) is 4.60. The number of halogens is 4. The SMILES string of the molecule is Cc1ccc(CCc2[nH]c3cc(Br)ccc3c2C(=O)C(F)(F)F)cc1. The maximum Gasteiger partial charge on any atom is 0.454 e. The molecule has 0 amide bonds. The van der Waals surface area contributed by atoms with Gasteiger partial charge < -0.3 is 4.98 Å². The number of hydrogen-bond acceptors (Lipinski definition) is 1. The molecule has 1 aromatic heterocycles. The molecule has 1 heterocycles. The van der Waals surface area contributed by atoms with Gasteiger partial charge in [-0.3, -0.25) is 4.79 Å². The zero-order chi connectivity index (χ0) is 18.2. The topological polar surface area (TPSA) is 32.9 Å². The maximum atomic E-state index is 13.0. The summed E-state index contributed by atoms with van der Waals surface area (Å²) in [6, 6.07) is 12.6. The number of fused-ring (bicyclic) bond motifs is 1. The molecule has 0 fully saturated rings. The first-order chi connectivity index (χ1) is 11.8. The smallest absolute Gasteiger partial charge is 0.358 e. The Balaban J connectivity index is 2.00. The summed E-state index contributed by atoms with van der Waals surface area (Å²) in [5.41, 5.74) is 2.68. The van der Waals surface area contributed by atoms with Crippen molar-refractivity contribution in [3.8, 4) is 0 Å². The van der Waals surface area contributed by atoms with E-state index in [9.17, 15) is 18.0 Å². The van der Waals surface area contributed by atoms with E-state index in [4.69, 9.17) is 0 Å². The molecule has 6 heteroatoms. The van der Waals surface area contributed by atoms with Gasteiger partial charge in [0.2, 0.25) is 0 Å². The Labute approximate surface area is 151 Å². The van der Waals surface area contributed by atoms with Crippen LogP contribution >= 0.6 is 15.9 Å².